The lowest BCUT2D eigenvalue weighted by Crippen LogP contribution is -2.44. The van der Waals surface area contributed by atoms with Gasteiger partial charge in [0.25, 0.3) is 0 Å². The highest BCUT2D eigenvalue weighted by molar-refractivity contribution is 7.80. The second-order valence-electron chi connectivity index (χ2n) is 11.8. The van der Waals surface area contributed by atoms with Crippen LogP contribution in [0.25, 0.3) is 0 Å². The summed E-state index contributed by atoms with van der Waals surface area (Å²) in [6.45, 7) is 8.54. The van der Waals surface area contributed by atoms with Gasteiger partial charge in [-0.15, -0.1) is 0 Å². The zero-order valence-corrected chi connectivity index (χ0v) is 24.6. The van der Waals surface area contributed by atoms with Crippen LogP contribution in [0.2, 0.25) is 5.02 Å². The standard InChI is InChI=1S/C30H43ClN6S/c1-22-10-9-16-36(20-22)26-19-27(37-17-7-4-11-23(37)2)34-28(33-26)35-29(38)32-21-30(14-5-3-6-15-30)24-12-8-13-25(31)18-24/h8,12-13,18-19,22-23H,3-7,9-11,14-17,20-21H2,1-2H3,(H2,32,33,34,35,38)/t22-,23+/m1/s1. The highest BCUT2D eigenvalue weighted by Crippen LogP contribution is 2.40. The number of aromatic nitrogens is 2. The number of nitrogens with one attached hydrogen (secondary N) is 2. The Hall–Kier alpha value is -2.12. The molecular weight excluding hydrogens is 512 g/mol. The third-order valence-electron chi connectivity index (χ3n) is 8.84. The molecule has 2 saturated heterocycles. The fourth-order valence-electron chi connectivity index (χ4n) is 6.63. The summed E-state index contributed by atoms with van der Waals surface area (Å²) in [6.07, 6.45) is 12.2. The van der Waals surface area contributed by atoms with Crippen LogP contribution in [0.5, 0.6) is 0 Å². The number of nitrogens with zero attached hydrogens (tertiary/aromatic N) is 4. The van der Waals surface area contributed by atoms with E-state index in [9.17, 15) is 0 Å². The minimum atomic E-state index is 0.0376. The van der Waals surface area contributed by atoms with Crippen molar-refractivity contribution in [2.45, 2.75) is 89.5 Å². The summed E-state index contributed by atoms with van der Waals surface area (Å²) < 4.78 is 0. The van der Waals surface area contributed by atoms with Crippen molar-refractivity contribution < 1.29 is 0 Å². The van der Waals surface area contributed by atoms with E-state index >= 15 is 0 Å². The SMILES string of the molecule is C[C@@H]1CCCN(c2cc(N3CCCC[C@@H]3C)nc(NC(=S)NCC3(c4cccc(Cl)c4)CCCCC3)n2)C1. The van der Waals surface area contributed by atoms with Gasteiger partial charge >= 0.3 is 0 Å². The van der Waals surface area contributed by atoms with Gasteiger partial charge < -0.3 is 20.4 Å². The maximum atomic E-state index is 6.39. The molecule has 1 aliphatic carbocycles. The number of halogens is 1. The molecule has 1 aromatic carbocycles. The van der Waals surface area contributed by atoms with Crippen LogP contribution >= 0.6 is 23.8 Å². The lowest BCUT2D eigenvalue weighted by atomic mass is 9.69. The van der Waals surface area contributed by atoms with E-state index in [1.165, 1.54) is 56.9 Å². The van der Waals surface area contributed by atoms with Gasteiger partial charge in [0.1, 0.15) is 11.6 Å². The lowest BCUT2D eigenvalue weighted by Gasteiger charge is -2.38. The van der Waals surface area contributed by atoms with E-state index in [-0.39, 0.29) is 5.41 Å². The molecule has 0 spiro atoms. The Bertz CT molecular complexity index is 1100. The molecular formula is C30H43ClN6S. The van der Waals surface area contributed by atoms with Gasteiger partial charge in [-0.3, -0.25) is 0 Å². The largest absolute Gasteiger partial charge is 0.361 e. The number of benzene rings is 1. The zero-order valence-electron chi connectivity index (χ0n) is 23.0. The maximum absolute atomic E-state index is 6.39. The second kappa shape index (κ2) is 12.4. The van der Waals surface area contributed by atoms with Crippen LogP contribution in [-0.4, -0.2) is 47.3 Å². The molecule has 0 amide bonds. The summed E-state index contributed by atoms with van der Waals surface area (Å²) >= 11 is 12.2. The molecule has 2 atom stereocenters. The molecule has 2 aliphatic heterocycles. The molecule has 6 nitrogen and oxygen atoms in total. The molecule has 206 valence electrons. The van der Waals surface area contributed by atoms with Crippen molar-refractivity contribution in [1.29, 1.82) is 0 Å². The van der Waals surface area contributed by atoms with Crippen molar-refractivity contribution in [3.05, 3.63) is 40.9 Å². The molecule has 3 fully saturated rings. The van der Waals surface area contributed by atoms with E-state index < -0.39 is 0 Å². The topological polar surface area (TPSA) is 56.3 Å². The molecule has 3 aliphatic rings. The van der Waals surface area contributed by atoms with Gasteiger partial charge in [0.05, 0.1) is 0 Å². The molecule has 2 N–H and O–H groups in total. The van der Waals surface area contributed by atoms with E-state index in [2.05, 4.69) is 58.5 Å². The monoisotopic (exact) mass is 554 g/mol. The maximum Gasteiger partial charge on any atom is 0.232 e. The van der Waals surface area contributed by atoms with Crippen LogP contribution in [0.3, 0.4) is 0 Å². The van der Waals surface area contributed by atoms with Crippen molar-refractivity contribution in [3.63, 3.8) is 0 Å². The summed E-state index contributed by atoms with van der Waals surface area (Å²) in [5.74, 6) is 3.28. The summed E-state index contributed by atoms with van der Waals surface area (Å²) in [5.41, 5.74) is 1.34. The fraction of sp³-hybridized carbons (Fsp3) is 0.633. The Balaban J connectivity index is 1.34. The molecule has 1 saturated carbocycles. The van der Waals surface area contributed by atoms with Gasteiger partial charge in [-0.1, -0.05) is 49.9 Å². The Morgan fingerprint density at radius 2 is 1.82 bits per heavy atom. The third-order valence-corrected chi connectivity index (χ3v) is 9.32. The second-order valence-corrected chi connectivity index (χ2v) is 12.6. The van der Waals surface area contributed by atoms with Gasteiger partial charge in [0.2, 0.25) is 5.95 Å². The number of piperidine rings is 2. The van der Waals surface area contributed by atoms with Crippen LogP contribution in [0.15, 0.2) is 30.3 Å². The molecule has 8 heteroatoms. The van der Waals surface area contributed by atoms with Gasteiger partial charge in [0, 0.05) is 48.7 Å². The quantitative estimate of drug-likeness (QED) is 0.375. The van der Waals surface area contributed by atoms with Crippen molar-refractivity contribution in [1.82, 2.24) is 15.3 Å². The van der Waals surface area contributed by atoms with E-state index in [4.69, 9.17) is 33.8 Å². The minimum absolute atomic E-state index is 0.0376. The van der Waals surface area contributed by atoms with Crippen molar-refractivity contribution >= 4 is 46.5 Å². The minimum Gasteiger partial charge on any atom is -0.361 e. The predicted octanol–water partition coefficient (Wildman–Crippen LogP) is 6.93. The smallest absolute Gasteiger partial charge is 0.232 e. The summed E-state index contributed by atoms with van der Waals surface area (Å²) in [4.78, 5) is 14.8. The Kier molecular flexibility index (Phi) is 8.94. The molecule has 2 aromatic rings. The number of thiocarbonyl (C=S) groups is 1. The van der Waals surface area contributed by atoms with Crippen LogP contribution in [0.1, 0.15) is 83.6 Å². The summed E-state index contributed by atoms with van der Waals surface area (Å²) in [7, 11) is 0. The number of hydrogen-bond acceptors (Lipinski definition) is 5. The fourth-order valence-corrected chi connectivity index (χ4v) is 6.99. The van der Waals surface area contributed by atoms with Gasteiger partial charge in [0.15, 0.2) is 5.11 Å². The number of rotatable bonds is 6. The molecule has 3 heterocycles. The first kappa shape index (κ1) is 27.4. The average molecular weight is 555 g/mol. The summed E-state index contributed by atoms with van der Waals surface area (Å²) in [5, 5.41) is 8.29. The normalized spacial score (nSPS) is 23.7. The van der Waals surface area contributed by atoms with E-state index in [0.29, 0.717) is 23.0 Å². The Morgan fingerprint density at radius 1 is 1.00 bits per heavy atom. The molecule has 1 aromatic heterocycles. The van der Waals surface area contributed by atoms with Gasteiger partial charge in [-0.2, -0.15) is 9.97 Å². The van der Waals surface area contributed by atoms with Gasteiger partial charge in [-0.25, -0.2) is 0 Å². The zero-order chi connectivity index (χ0) is 26.5. The molecule has 5 rings (SSSR count). The highest BCUT2D eigenvalue weighted by atomic mass is 35.5. The lowest BCUT2D eigenvalue weighted by molar-refractivity contribution is 0.292. The molecule has 0 unspecified atom stereocenters. The van der Waals surface area contributed by atoms with Crippen molar-refractivity contribution in [3.8, 4) is 0 Å². The van der Waals surface area contributed by atoms with E-state index in [1.807, 2.05) is 6.07 Å². The first-order valence-corrected chi connectivity index (χ1v) is 15.4. The van der Waals surface area contributed by atoms with E-state index in [0.717, 1.165) is 55.7 Å². The van der Waals surface area contributed by atoms with Crippen LogP contribution < -0.4 is 20.4 Å². The Labute approximate surface area is 238 Å². The number of hydrogen-bond donors (Lipinski definition) is 2. The highest BCUT2D eigenvalue weighted by Gasteiger charge is 2.34. The first-order chi connectivity index (χ1) is 18.4. The first-order valence-electron chi connectivity index (χ1n) is 14.6. The van der Waals surface area contributed by atoms with Crippen LogP contribution in [-0.2, 0) is 5.41 Å². The van der Waals surface area contributed by atoms with E-state index in [1.54, 1.807) is 0 Å². The summed E-state index contributed by atoms with van der Waals surface area (Å²) in [6, 6.07) is 11.0. The predicted molar refractivity (Wildman–Crippen MR) is 164 cm³/mol. The molecule has 38 heavy (non-hydrogen) atoms. The molecule has 0 radical (unpaired) electrons. The van der Waals surface area contributed by atoms with Gasteiger partial charge in [-0.05, 0) is 87.7 Å². The van der Waals surface area contributed by atoms with Crippen molar-refractivity contribution in [2.24, 2.45) is 5.92 Å². The van der Waals surface area contributed by atoms with Crippen LogP contribution in [0.4, 0.5) is 17.6 Å². The molecule has 0 bridgehead atoms. The van der Waals surface area contributed by atoms with Crippen molar-refractivity contribution in [2.75, 3.05) is 41.3 Å². The average Bonchev–Trinajstić information content (AvgIpc) is 2.92. The van der Waals surface area contributed by atoms with Crippen LogP contribution in [0, 0.1) is 5.92 Å². The Morgan fingerprint density at radius 3 is 2.58 bits per heavy atom. The third kappa shape index (κ3) is 6.53. The number of anilines is 3.